The van der Waals surface area contributed by atoms with Crippen molar-refractivity contribution < 1.29 is 33.4 Å². The van der Waals surface area contributed by atoms with E-state index >= 15 is 0 Å². The van der Waals surface area contributed by atoms with E-state index < -0.39 is 11.8 Å². The van der Waals surface area contributed by atoms with Crippen molar-refractivity contribution in [2.45, 2.75) is 53.9 Å². The summed E-state index contributed by atoms with van der Waals surface area (Å²) in [5, 5.41) is 17.6. The van der Waals surface area contributed by atoms with Crippen molar-refractivity contribution in [2.24, 2.45) is 11.5 Å². The number of piperazine rings is 1. The van der Waals surface area contributed by atoms with E-state index in [1.807, 2.05) is 56.6 Å². The van der Waals surface area contributed by atoms with Crippen molar-refractivity contribution in [3.8, 4) is 11.5 Å². The fraction of sp³-hybridized carbons (Fsp3) is 0.356. The molecule has 1 fully saturated rings. The molecule has 0 spiro atoms. The number of hydrogen-bond donors (Lipinski definition) is 5. The average molecular weight is 907 g/mol. The van der Waals surface area contributed by atoms with Crippen LogP contribution in [-0.2, 0) is 31.0 Å². The molecule has 5 heterocycles. The number of carbonyl (C=O) groups excluding carboxylic acids is 5. The molecule has 0 saturated carbocycles. The molecule has 1 aliphatic heterocycles. The summed E-state index contributed by atoms with van der Waals surface area (Å²) in [5.74, 6) is 0.634. The molecule has 0 bridgehead atoms. The normalized spacial score (nSPS) is 12.5. The number of nitrogens with one attached hydrogen (secondary N) is 3. The highest BCUT2D eigenvalue weighted by atomic mass is 16.5. The standard InChI is InChI=1S/C37H43N11O6.C7H10N2O.CH5N/c1-5-48-28(16-23(2)44-48)35(52)43-37-42-27-19-25(34(38)51)20-29(53-4)32(27)47(37)13-7-6-12-46-33-26(41-36(46)39-3)17-24(22-49)18-30(33)54-15-9-8-11-45-14-10-40-21-31(45)50;1-3-9-7(5-10)4-6(2)8-9;1-2/h6-9,16-20,22,40H,5,10-15,21H2,1-4H3,(H2,38,51)(H,39,41)(H,42,43,52);4-5H,3H2,1-2H3;2H2,1H3/b7-6+,9-8-;;. The molecule has 2 aromatic carbocycles. The van der Waals surface area contributed by atoms with Gasteiger partial charge in [0.25, 0.3) is 5.91 Å². The van der Waals surface area contributed by atoms with Gasteiger partial charge in [-0.1, -0.05) is 18.2 Å². The highest BCUT2D eigenvalue weighted by molar-refractivity contribution is 6.04. The highest BCUT2D eigenvalue weighted by Gasteiger charge is 2.22. The van der Waals surface area contributed by atoms with Gasteiger partial charge in [-0.2, -0.15) is 10.2 Å². The summed E-state index contributed by atoms with van der Waals surface area (Å²) in [7, 11) is 4.74. The summed E-state index contributed by atoms with van der Waals surface area (Å²) in [6.45, 7) is 11.9. The van der Waals surface area contributed by atoms with Gasteiger partial charge in [0, 0.05) is 64.0 Å². The number of imidazole rings is 2. The number of nitrogens with two attached hydrogens (primary N) is 2. The summed E-state index contributed by atoms with van der Waals surface area (Å²) in [4.78, 5) is 71.0. The first-order valence-electron chi connectivity index (χ1n) is 21.3. The lowest BCUT2D eigenvalue weighted by Gasteiger charge is -2.26. The summed E-state index contributed by atoms with van der Waals surface area (Å²) in [6, 6.07) is 9.95. The molecule has 21 nitrogen and oxygen atoms in total. The largest absolute Gasteiger partial charge is 0.494 e. The molecule has 350 valence electrons. The molecular formula is C45H58N14O7. The summed E-state index contributed by atoms with van der Waals surface area (Å²) in [5.41, 5.74) is 15.6. The van der Waals surface area contributed by atoms with Gasteiger partial charge < -0.3 is 45.6 Å². The first kappa shape index (κ1) is 49.4. The van der Waals surface area contributed by atoms with Crippen molar-refractivity contribution in [2.75, 3.05) is 64.6 Å². The van der Waals surface area contributed by atoms with Crippen LogP contribution in [0.2, 0.25) is 0 Å². The SMILES string of the molecule is CCn1nc(C)cc1C(=O)Nc1nc2cc(C(N)=O)cc(OC)c2n1C/C=C/Cn1c(NC)nc2cc(C=O)cc(OC/C=C\CN3CCNCC3=O)c21.CCn1nc(C)cc1C=O.CN. The summed E-state index contributed by atoms with van der Waals surface area (Å²) >= 11 is 0. The molecule has 6 aromatic rings. The Kier molecular flexibility index (Phi) is 17.5. The minimum atomic E-state index is -0.642. The smallest absolute Gasteiger partial charge is 0.276 e. The van der Waals surface area contributed by atoms with Crippen LogP contribution in [0.5, 0.6) is 11.5 Å². The Balaban J connectivity index is 0.000000596. The Hall–Kier alpha value is -7.65. The van der Waals surface area contributed by atoms with E-state index in [1.165, 1.54) is 14.2 Å². The van der Waals surface area contributed by atoms with E-state index in [0.29, 0.717) is 94.9 Å². The monoisotopic (exact) mass is 906 g/mol. The van der Waals surface area contributed by atoms with Crippen LogP contribution >= 0.6 is 0 Å². The Morgan fingerprint density at radius 1 is 0.818 bits per heavy atom. The third-order valence-electron chi connectivity index (χ3n) is 10.3. The van der Waals surface area contributed by atoms with Crippen LogP contribution in [0.1, 0.15) is 66.9 Å². The lowest BCUT2D eigenvalue weighted by Crippen LogP contribution is -2.47. The summed E-state index contributed by atoms with van der Waals surface area (Å²) in [6.07, 6.45) is 9.15. The van der Waals surface area contributed by atoms with Crippen molar-refractivity contribution in [1.29, 1.82) is 0 Å². The Bertz CT molecular complexity index is 2740. The topological polar surface area (TPSA) is 266 Å². The van der Waals surface area contributed by atoms with Gasteiger partial charge in [0.05, 0.1) is 36.1 Å². The molecule has 0 radical (unpaired) electrons. The number of aryl methyl sites for hydroxylation is 4. The number of allylic oxidation sites excluding steroid dienone is 2. The van der Waals surface area contributed by atoms with Gasteiger partial charge in [-0.05, 0) is 77.2 Å². The van der Waals surface area contributed by atoms with Crippen molar-refractivity contribution in [1.82, 2.24) is 48.9 Å². The van der Waals surface area contributed by atoms with E-state index in [2.05, 4.69) is 36.9 Å². The van der Waals surface area contributed by atoms with E-state index in [4.69, 9.17) is 20.2 Å². The van der Waals surface area contributed by atoms with Crippen LogP contribution in [0.25, 0.3) is 22.1 Å². The molecule has 7 rings (SSSR count). The van der Waals surface area contributed by atoms with Gasteiger partial charge >= 0.3 is 0 Å². The lowest BCUT2D eigenvalue weighted by molar-refractivity contribution is -0.131. The number of primary amides is 1. The highest BCUT2D eigenvalue weighted by Crippen LogP contribution is 2.32. The number of fused-ring (bicyclic) bond motifs is 2. The maximum atomic E-state index is 13.5. The molecule has 3 amide bonds. The number of methoxy groups -OCH3 is 1. The minimum Gasteiger partial charge on any atom is -0.494 e. The van der Waals surface area contributed by atoms with Gasteiger partial charge in [0.1, 0.15) is 46.8 Å². The number of benzene rings is 2. The predicted octanol–water partition coefficient (Wildman–Crippen LogP) is 3.35. The first-order chi connectivity index (χ1) is 31.9. The zero-order valence-electron chi connectivity index (χ0n) is 38.3. The number of nitrogens with zero attached hydrogens (tertiary/aromatic N) is 9. The van der Waals surface area contributed by atoms with Gasteiger partial charge in [-0.3, -0.25) is 38.7 Å². The molecule has 7 N–H and O–H groups in total. The van der Waals surface area contributed by atoms with Crippen LogP contribution in [-0.4, -0.2) is 128 Å². The van der Waals surface area contributed by atoms with Crippen molar-refractivity contribution in [3.05, 3.63) is 94.6 Å². The molecule has 0 atom stereocenters. The van der Waals surface area contributed by atoms with E-state index in [9.17, 15) is 24.0 Å². The Morgan fingerprint density at radius 2 is 1.45 bits per heavy atom. The molecule has 66 heavy (non-hydrogen) atoms. The number of hydrogen-bond acceptors (Lipinski definition) is 14. The number of amides is 3. The van der Waals surface area contributed by atoms with Crippen LogP contribution in [0.15, 0.2) is 60.7 Å². The molecule has 1 aliphatic rings. The molecule has 21 heteroatoms. The third-order valence-corrected chi connectivity index (χ3v) is 10.3. The van der Waals surface area contributed by atoms with Crippen molar-refractivity contribution in [3.63, 3.8) is 0 Å². The van der Waals surface area contributed by atoms with Crippen molar-refractivity contribution >= 4 is 64.3 Å². The van der Waals surface area contributed by atoms with Crippen LogP contribution in [0.3, 0.4) is 0 Å². The van der Waals surface area contributed by atoms with Gasteiger partial charge in [0.15, 0.2) is 6.29 Å². The number of ether oxygens (including phenoxy) is 2. The number of carbonyl (C=O) groups is 5. The maximum absolute atomic E-state index is 13.5. The molecule has 1 saturated heterocycles. The summed E-state index contributed by atoms with van der Waals surface area (Å²) < 4.78 is 18.8. The van der Waals surface area contributed by atoms with Crippen LogP contribution in [0.4, 0.5) is 11.9 Å². The first-order valence-corrected chi connectivity index (χ1v) is 21.3. The molecule has 0 unspecified atom stereocenters. The van der Waals surface area contributed by atoms with Gasteiger partial charge in [-0.25, -0.2) is 9.97 Å². The predicted molar refractivity (Wildman–Crippen MR) is 251 cm³/mol. The van der Waals surface area contributed by atoms with E-state index in [1.54, 1.807) is 62.3 Å². The molecule has 0 aliphatic carbocycles. The van der Waals surface area contributed by atoms with Crippen LogP contribution in [0, 0.1) is 13.8 Å². The second-order valence-electron chi connectivity index (χ2n) is 14.6. The number of anilines is 2. The van der Waals surface area contributed by atoms with E-state index in [0.717, 1.165) is 31.4 Å². The van der Waals surface area contributed by atoms with Crippen LogP contribution < -0.4 is 36.9 Å². The fourth-order valence-corrected chi connectivity index (χ4v) is 7.25. The second-order valence-corrected chi connectivity index (χ2v) is 14.6. The minimum absolute atomic E-state index is 0.0533. The number of aldehydes is 2. The Morgan fingerprint density at radius 3 is 2.08 bits per heavy atom. The second kappa shape index (κ2) is 23.3. The quantitative estimate of drug-likeness (QED) is 0.0612. The van der Waals surface area contributed by atoms with E-state index in [-0.39, 0.29) is 30.6 Å². The number of aromatic nitrogens is 8. The average Bonchev–Trinajstić information content (AvgIpc) is 4.10. The fourth-order valence-electron chi connectivity index (χ4n) is 7.25. The molecular weight excluding hydrogens is 849 g/mol. The van der Waals surface area contributed by atoms with Gasteiger partial charge in [0.2, 0.25) is 23.7 Å². The molecule has 4 aromatic heterocycles. The zero-order valence-corrected chi connectivity index (χ0v) is 38.3. The maximum Gasteiger partial charge on any atom is 0.276 e. The zero-order chi connectivity index (χ0) is 47.9. The lowest BCUT2D eigenvalue weighted by atomic mass is 10.1. The Labute approximate surface area is 381 Å². The third kappa shape index (κ3) is 11.5. The van der Waals surface area contributed by atoms with Gasteiger partial charge in [-0.15, -0.1) is 0 Å². The number of rotatable bonds is 18.